The molecule has 3 aromatic heterocycles. The topological polar surface area (TPSA) is 118 Å². The van der Waals surface area contributed by atoms with Crippen LogP contribution in [0.5, 0.6) is 5.88 Å². The normalized spacial score (nSPS) is 20.5. The second-order valence-electron chi connectivity index (χ2n) is 9.45. The summed E-state index contributed by atoms with van der Waals surface area (Å²) in [4.78, 5) is 34.3. The average molecular weight is 528 g/mol. The fourth-order valence-corrected chi connectivity index (χ4v) is 5.96. The van der Waals surface area contributed by atoms with Crippen molar-refractivity contribution in [1.29, 1.82) is 0 Å². The molecule has 0 atom stereocenters. The second-order valence-corrected chi connectivity index (χ2v) is 10.7. The first-order valence-corrected chi connectivity index (χ1v) is 13.7. The van der Waals surface area contributed by atoms with Gasteiger partial charge in [-0.3, -0.25) is 9.59 Å². The molecule has 0 radical (unpaired) electrons. The summed E-state index contributed by atoms with van der Waals surface area (Å²) in [6.45, 7) is -0.166. The van der Waals surface area contributed by atoms with Gasteiger partial charge in [-0.2, -0.15) is 11.8 Å². The van der Waals surface area contributed by atoms with Crippen LogP contribution in [0.15, 0.2) is 36.8 Å². The van der Waals surface area contributed by atoms with Gasteiger partial charge >= 0.3 is 0 Å². The summed E-state index contributed by atoms with van der Waals surface area (Å²) >= 11 is 1.87. The summed E-state index contributed by atoms with van der Waals surface area (Å²) in [5, 5.41) is 15.5. The maximum absolute atomic E-state index is 13.9. The number of carbonyl (C=O) groups is 2. The van der Waals surface area contributed by atoms with E-state index in [-0.39, 0.29) is 42.1 Å². The molecule has 3 N–H and O–H groups in total. The number of aliphatic hydroxyl groups is 1. The predicted octanol–water partition coefficient (Wildman–Crippen LogP) is 3.11. The van der Waals surface area contributed by atoms with Crippen LogP contribution in [0.1, 0.15) is 64.9 Å². The van der Waals surface area contributed by atoms with Crippen LogP contribution in [-0.2, 0) is 6.61 Å². The highest BCUT2D eigenvalue weighted by atomic mass is 32.2. The van der Waals surface area contributed by atoms with Gasteiger partial charge in [0.2, 0.25) is 5.88 Å². The van der Waals surface area contributed by atoms with E-state index >= 15 is 0 Å². The van der Waals surface area contributed by atoms with E-state index in [9.17, 15) is 19.1 Å². The van der Waals surface area contributed by atoms with Crippen LogP contribution in [0.4, 0.5) is 4.39 Å². The van der Waals surface area contributed by atoms with E-state index in [4.69, 9.17) is 4.74 Å². The van der Waals surface area contributed by atoms with Gasteiger partial charge in [-0.25, -0.2) is 14.4 Å². The first-order chi connectivity index (χ1) is 18.0. The predicted molar refractivity (Wildman–Crippen MR) is 137 cm³/mol. The van der Waals surface area contributed by atoms with E-state index in [1.54, 1.807) is 28.9 Å². The molecule has 2 amide bonds. The van der Waals surface area contributed by atoms with Crippen molar-refractivity contribution in [3.05, 3.63) is 59.4 Å². The van der Waals surface area contributed by atoms with Crippen molar-refractivity contribution >= 4 is 29.2 Å². The number of nitrogens with one attached hydrogen (secondary N) is 2. The molecule has 11 heteroatoms. The fraction of sp³-hybridized carbons (Fsp3) is 0.462. The van der Waals surface area contributed by atoms with E-state index in [2.05, 4.69) is 20.6 Å². The summed E-state index contributed by atoms with van der Waals surface area (Å²) in [6.07, 6.45) is 8.86. The quantitative estimate of drug-likeness (QED) is 0.432. The Bertz CT molecular complexity index is 1270. The Balaban J connectivity index is 1.17. The van der Waals surface area contributed by atoms with Gasteiger partial charge in [-0.15, -0.1) is 0 Å². The summed E-state index contributed by atoms with van der Waals surface area (Å²) < 4.78 is 21.6. The standard InChI is InChI=1S/C26H30FN5O4S/c27-16-12-22(26(29-13-16)36-20-7-10-37-11-8-20)25(35)31-18-5-3-17(4-6-18)30-24(34)21-2-1-9-32-19(15-33)14-28-23(21)32/h1-2,9,12-14,17-18,20,33H,3-8,10-11,15H2,(H,30,34)(H,31,35). The summed E-state index contributed by atoms with van der Waals surface area (Å²) in [6, 6.07) is 4.52. The van der Waals surface area contributed by atoms with Crippen LogP contribution >= 0.6 is 11.8 Å². The fourth-order valence-electron chi connectivity index (χ4n) is 4.90. The van der Waals surface area contributed by atoms with Gasteiger partial charge in [0.1, 0.15) is 23.1 Å². The maximum Gasteiger partial charge on any atom is 0.257 e. The lowest BCUT2D eigenvalue weighted by molar-refractivity contribution is 0.0886. The van der Waals surface area contributed by atoms with Crippen molar-refractivity contribution in [3.63, 3.8) is 0 Å². The summed E-state index contributed by atoms with van der Waals surface area (Å²) in [7, 11) is 0. The van der Waals surface area contributed by atoms with Crippen molar-refractivity contribution in [1.82, 2.24) is 25.0 Å². The maximum atomic E-state index is 13.9. The van der Waals surface area contributed by atoms with E-state index in [1.807, 2.05) is 11.8 Å². The molecule has 2 aliphatic rings. The van der Waals surface area contributed by atoms with E-state index in [1.165, 1.54) is 6.07 Å². The van der Waals surface area contributed by atoms with Gasteiger partial charge in [0, 0.05) is 18.3 Å². The van der Waals surface area contributed by atoms with Crippen molar-refractivity contribution < 1.29 is 23.8 Å². The number of imidazole rings is 1. The highest BCUT2D eigenvalue weighted by molar-refractivity contribution is 7.99. The van der Waals surface area contributed by atoms with Crippen LogP contribution in [0, 0.1) is 5.82 Å². The van der Waals surface area contributed by atoms with Crippen LogP contribution in [-0.4, -0.2) is 61.0 Å². The molecule has 0 aromatic carbocycles. The number of hydrogen-bond donors (Lipinski definition) is 3. The number of aliphatic hydroxyl groups excluding tert-OH is 1. The molecule has 0 unspecified atom stereocenters. The number of amides is 2. The van der Waals surface area contributed by atoms with Gasteiger partial charge in [-0.1, -0.05) is 0 Å². The van der Waals surface area contributed by atoms with Gasteiger partial charge in [0.05, 0.1) is 30.3 Å². The molecule has 196 valence electrons. The van der Waals surface area contributed by atoms with E-state index < -0.39 is 11.7 Å². The third kappa shape index (κ3) is 5.88. The largest absolute Gasteiger partial charge is 0.474 e. The van der Waals surface area contributed by atoms with Crippen LogP contribution in [0.3, 0.4) is 0 Å². The SMILES string of the molecule is O=C(NC1CCC(NC(=O)c2cccn3c(CO)cnc23)CC1)c1cc(F)cnc1OC1CCSCC1. The van der Waals surface area contributed by atoms with E-state index in [0.717, 1.165) is 30.5 Å². The van der Waals surface area contributed by atoms with Crippen LogP contribution in [0.2, 0.25) is 0 Å². The first kappa shape index (κ1) is 25.5. The Hall–Kier alpha value is -3.18. The number of nitrogens with zero attached hydrogens (tertiary/aromatic N) is 3. The Morgan fingerprint density at radius 2 is 1.70 bits per heavy atom. The Morgan fingerprint density at radius 1 is 1.03 bits per heavy atom. The summed E-state index contributed by atoms with van der Waals surface area (Å²) in [5.74, 6) is 0.964. The minimum Gasteiger partial charge on any atom is -0.474 e. The van der Waals surface area contributed by atoms with Crippen LogP contribution in [0.25, 0.3) is 5.65 Å². The molecule has 2 fully saturated rings. The Kier molecular flexibility index (Phi) is 7.90. The number of pyridine rings is 2. The van der Waals surface area contributed by atoms with Crippen molar-refractivity contribution in [3.8, 4) is 5.88 Å². The number of ether oxygens (including phenoxy) is 1. The Labute approximate surface area is 218 Å². The average Bonchev–Trinajstić information content (AvgIpc) is 3.35. The second kappa shape index (κ2) is 11.5. The minimum absolute atomic E-state index is 0.0205. The van der Waals surface area contributed by atoms with Gasteiger partial charge < -0.3 is 24.9 Å². The van der Waals surface area contributed by atoms with Crippen molar-refractivity contribution in [2.24, 2.45) is 0 Å². The zero-order valence-electron chi connectivity index (χ0n) is 20.4. The lowest BCUT2D eigenvalue weighted by atomic mass is 9.90. The molecule has 0 spiro atoms. The summed E-state index contributed by atoms with van der Waals surface area (Å²) in [5.41, 5.74) is 1.67. The number of hydrogen-bond acceptors (Lipinski definition) is 7. The number of rotatable bonds is 7. The zero-order chi connectivity index (χ0) is 25.8. The number of thioether (sulfide) groups is 1. The molecule has 1 saturated carbocycles. The van der Waals surface area contributed by atoms with Gasteiger partial charge in [0.15, 0.2) is 0 Å². The molecule has 1 aliphatic carbocycles. The molecule has 0 bridgehead atoms. The number of fused-ring (bicyclic) bond motifs is 1. The smallest absolute Gasteiger partial charge is 0.257 e. The first-order valence-electron chi connectivity index (χ1n) is 12.6. The van der Waals surface area contributed by atoms with Crippen LogP contribution < -0.4 is 15.4 Å². The lowest BCUT2D eigenvalue weighted by Gasteiger charge is -2.30. The molecule has 1 saturated heterocycles. The monoisotopic (exact) mass is 527 g/mol. The minimum atomic E-state index is -0.582. The number of carbonyl (C=O) groups excluding carboxylic acids is 2. The molecule has 3 aromatic rings. The van der Waals surface area contributed by atoms with Gasteiger partial charge in [0.25, 0.3) is 11.8 Å². The highest BCUT2D eigenvalue weighted by Crippen LogP contribution is 2.26. The molecule has 9 nitrogen and oxygen atoms in total. The third-order valence-electron chi connectivity index (χ3n) is 6.93. The molecule has 5 rings (SSSR count). The number of aromatic nitrogens is 3. The van der Waals surface area contributed by atoms with Crippen molar-refractivity contribution in [2.75, 3.05) is 11.5 Å². The Morgan fingerprint density at radius 3 is 2.38 bits per heavy atom. The third-order valence-corrected chi connectivity index (χ3v) is 7.97. The molecular weight excluding hydrogens is 497 g/mol. The molecule has 4 heterocycles. The zero-order valence-corrected chi connectivity index (χ0v) is 21.2. The van der Waals surface area contributed by atoms with E-state index in [0.29, 0.717) is 42.6 Å². The molecular formula is C26H30FN5O4S. The number of halogens is 1. The van der Waals surface area contributed by atoms with Crippen molar-refractivity contribution in [2.45, 2.75) is 63.3 Å². The molecule has 37 heavy (non-hydrogen) atoms. The lowest BCUT2D eigenvalue weighted by Crippen LogP contribution is -2.44. The molecule has 1 aliphatic heterocycles. The highest BCUT2D eigenvalue weighted by Gasteiger charge is 2.27. The van der Waals surface area contributed by atoms with Gasteiger partial charge in [-0.05, 0) is 68.2 Å².